The van der Waals surface area contributed by atoms with Crippen molar-refractivity contribution in [3.63, 3.8) is 0 Å². The molecule has 0 saturated carbocycles. The summed E-state index contributed by atoms with van der Waals surface area (Å²) in [5.74, 6) is 0. The number of nitriles is 1. The molecular formula is C12H13N5. The number of nitrogens with one attached hydrogen (secondary N) is 2. The molecule has 0 spiro atoms. The summed E-state index contributed by atoms with van der Waals surface area (Å²) in [6.45, 7) is 0.663. The SMILES string of the molecule is N#CCc1cc(NCc2cnc[nH]2)ccc1N. The summed E-state index contributed by atoms with van der Waals surface area (Å²) in [7, 11) is 0. The first-order chi connectivity index (χ1) is 8.29. The molecule has 0 aliphatic carbocycles. The van der Waals surface area contributed by atoms with Gasteiger partial charge in [0.05, 0.1) is 31.1 Å². The molecule has 17 heavy (non-hydrogen) atoms. The molecule has 0 aliphatic rings. The topological polar surface area (TPSA) is 90.5 Å². The zero-order chi connectivity index (χ0) is 12.1. The number of imidazole rings is 1. The Morgan fingerprint density at radius 1 is 1.47 bits per heavy atom. The minimum absolute atomic E-state index is 0.325. The van der Waals surface area contributed by atoms with Gasteiger partial charge in [0.2, 0.25) is 0 Å². The van der Waals surface area contributed by atoms with Crippen LogP contribution in [0.15, 0.2) is 30.7 Å². The maximum atomic E-state index is 8.68. The summed E-state index contributed by atoms with van der Waals surface area (Å²) in [6.07, 6.45) is 3.73. The van der Waals surface area contributed by atoms with Gasteiger partial charge in [-0.3, -0.25) is 0 Å². The van der Waals surface area contributed by atoms with E-state index in [0.29, 0.717) is 18.7 Å². The maximum absolute atomic E-state index is 8.68. The van der Waals surface area contributed by atoms with Crippen molar-refractivity contribution in [2.24, 2.45) is 0 Å². The number of nitrogens with zero attached hydrogens (tertiary/aromatic N) is 2. The predicted molar refractivity (Wildman–Crippen MR) is 66.1 cm³/mol. The molecule has 0 saturated heterocycles. The van der Waals surface area contributed by atoms with Gasteiger partial charge in [0.15, 0.2) is 0 Å². The minimum atomic E-state index is 0.325. The second-order valence-corrected chi connectivity index (χ2v) is 3.68. The molecule has 0 fully saturated rings. The van der Waals surface area contributed by atoms with E-state index < -0.39 is 0 Å². The Labute approximate surface area is 99.3 Å². The number of anilines is 2. The Balaban J connectivity index is 2.06. The van der Waals surface area contributed by atoms with Crippen LogP contribution < -0.4 is 11.1 Å². The van der Waals surface area contributed by atoms with Crippen molar-refractivity contribution < 1.29 is 0 Å². The maximum Gasteiger partial charge on any atom is 0.0922 e. The highest BCUT2D eigenvalue weighted by Gasteiger charge is 2.01. The van der Waals surface area contributed by atoms with E-state index in [1.807, 2.05) is 18.2 Å². The second kappa shape index (κ2) is 5.03. The van der Waals surface area contributed by atoms with Gasteiger partial charge in [-0.15, -0.1) is 0 Å². The van der Waals surface area contributed by atoms with E-state index in [0.717, 1.165) is 16.9 Å². The fourth-order valence-corrected chi connectivity index (χ4v) is 1.53. The third-order valence-corrected chi connectivity index (χ3v) is 2.45. The summed E-state index contributed by atoms with van der Waals surface area (Å²) >= 11 is 0. The first kappa shape index (κ1) is 11.0. The van der Waals surface area contributed by atoms with E-state index in [1.165, 1.54) is 0 Å². The van der Waals surface area contributed by atoms with Crippen LogP contribution in [0.5, 0.6) is 0 Å². The van der Waals surface area contributed by atoms with Crippen LogP contribution in [-0.2, 0) is 13.0 Å². The van der Waals surface area contributed by atoms with E-state index in [4.69, 9.17) is 11.0 Å². The lowest BCUT2D eigenvalue weighted by atomic mass is 10.1. The predicted octanol–water partition coefficient (Wildman–Crippen LogP) is 1.67. The van der Waals surface area contributed by atoms with E-state index >= 15 is 0 Å². The van der Waals surface area contributed by atoms with Gasteiger partial charge in [-0.2, -0.15) is 5.26 Å². The van der Waals surface area contributed by atoms with Crippen molar-refractivity contribution in [3.8, 4) is 6.07 Å². The molecule has 0 amide bonds. The number of rotatable bonds is 4. The Morgan fingerprint density at radius 2 is 2.35 bits per heavy atom. The first-order valence-electron chi connectivity index (χ1n) is 5.26. The second-order valence-electron chi connectivity index (χ2n) is 3.68. The molecule has 1 heterocycles. The molecular weight excluding hydrogens is 214 g/mol. The molecule has 5 heteroatoms. The summed E-state index contributed by atoms with van der Waals surface area (Å²) < 4.78 is 0. The number of hydrogen-bond donors (Lipinski definition) is 3. The number of aromatic amines is 1. The summed E-state index contributed by atoms with van der Waals surface area (Å²) in [6, 6.07) is 7.70. The summed E-state index contributed by atoms with van der Waals surface area (Å²) in [4.78, 5) is 6.94. The van der Waals surface area contributed by atoms with Crippen molar-refractivity contribution >= 4 is 11.4 Å². The highest BCUT2D eigenvalue weighted by molar-refractivity contribution is 5.58. The van der Waals surface area contributed by atoms with Crippen molar-refractivity contribution in [1.29, 1.82) is 5.26 Å². The fourth-order valence-electron chi connectivity index (χ4n) is 1.53. The van der Waals surface area contributed by atoms with Crippen LogP contribution in [-0.4, -0.2) is 9.97 Å². The largest absolute Gasteiger partial charge is 0.398 e. The molecule has 0 radical (unpaired) electrons. The van der Waals surface area contributed by atoms with Crippen molar-refractivity contribution in [2.45, 2.75) is 13.0 Å². The average molecular weight is 227 g/mol. The van der Waals surface area contributed by atoms with Crippen LogP contribution in [0.2, 0.25) is 0 Å². The highest BCUT2D eigenvalue weighted by Crippen LogP contribution is 2.18. The van der Waals surface area contributed by atoms with Gasteiger partial charge >= 0.3 is 0 Å². The zero-order valence-corrected chi connectivity index (χ0v) is 9.27. The number of aromatic nitrogens is 2. The number of H-pyrrole nitrogens is 1. The van der Waals surface area contributed by atoms with E-state index in [1.54, 1.807) is 12.5 Å². The van der Waals surface area contributed by atoms with Gasteiger partial charge in [-0.05, 0) is 23.8 Å². The Morgan fingerprint density at radius 3 is 3.06 bits per heavy atom. The molecule has 5 nitrogen and oxygen atoms in total. The Bertz CT molecular complexity index is 524. The lowest BCUT2D eigenvalue weighted by molar-refractivity contribution is 1.07. The quantitative estimate of drug-likeness (QED) is 0.693. The van der Waals surface area contributed by atoms with E-state index in [-0.39, 0.29) is 0 Å². The normalized spacial score (nSPS) is 9.82. The highest BCUT2D eigenvalue weighted by atomic mass is 14.9. The Hall–Kier alpha value is -2.48. The van der Waals surface area contributed by atoms with E-state index in [9.17, 15) is 0 Å². The van der Waals surface area contributed by atoms with Crippen LogP contribution >= 0.6 is 0 Å². The van der Waals surface area contributed by atoms with Crippen LogP contribution in [0.3, 0.4) is 0 Å². The van der Waals surface area contributed by atoms with Gasteiger partial charge in [0.25, 0.3) is 0 Å². The standard InChI is InChI=1S/C12H13N5/c13-4-3-9-5-10(1-2-12(9)14)16-7-11-6-15-8-17-11/h1-2,5-6,8,16H,3,7,14H2,(H,15,17). The van der Waals surface area contributed by atoms with Crippen LogP contribution in [0.25, 0.3) is 0 Å². The van der Waals surface area contributed by atoms with Gasteiger partial charge < -0.3 is 16.0 Å². The number of hydrogen-bond acceptors (Lipinski definition) is 4. The van der Waals surface area contributed by atoms with Gasteiger partial charge in [-0.1, -0.05) is 0 Å². The molecule has 2 aromatic rings. The summed E-state index contributed by atoms with van der Waals surface area (Å²) in [5, 5.41) is 11.9. The van der Waals surface area contributed by atoms with Gasteiger partial charge in [0, 0.05) is 17.6 Å². The Kier molecular flexibility index (Phi) is 3.26. The van der Waals surface area contributed by atoms with Gasteiger partial charge in [0.1, 0.15) is 0 Å². The first-order valence-corrected chi connectivity index (χ1v) is 5.26. The third-order valence-electron chi connectivity index (χ3n) is 2.45. The molecule has 1 aromatic heterocycles. The number of nitrogen functional groups attached to an aromatic ring is 1. The van der Waals surface area contributed by atoms with Gasteiger partial charge in [-0.25, -0.2) is 4.98 Å². The van der Waals surface area contributed by atoms with Crippen LogP contribution in [0.4, 0.5) is 11.4 Å². The smallest absolute Gasteiger partial charge is 0.0922 e. The molecule has 2 rings (SSSR count). The molecule has 86 valence electrons. The molecule has 0 aliphatic heterocycles. The van der Waals surface area contributed by atoms with Crippen molar-refractivity contribution in [1.82, 2.24) is 9.97 Å². The molecule has 1 aromatic carbocycles. The van der Waals surface area contributed by atoms with E-state index in [2.05, 4.69) is 21.4 Å². The lowest BCUT2D eigenvalue weighted by Gasteiger charge is -2.08. The number of benzene rings is 1. The molecule has 0 unspecified atom stereocenters. The van der Waals surface area contributed by atoms with Crippen molar-refractivity contribution in [3.05, 3.63) is 42.0 Å². The van der Waals surface area contributed by atoms with Crippen molar-refractivity contribution in [2.75, 3.05) is 11.1 Å². The minimum Gasteiger partial charge on any atom is -0.398 e. The monoisotopic (exact) mass is 227 g/mol. The fraction of sp³-hybridized carbons (Fsp3) is 0.167. The van der Waals surface area contributed by atoms with Crippen LogP contribution in [0.1, 0.15) is 11.3 Å². The average Bonchev–Trinajstić information content (AvgIpc) is 2.83. The summed E-state index contributed by atoms with van der Waals surface area (Å²) in [5.41, 5.74) is 9.22. The molecule has 0 bridgehead atoms. The lowest BCUT2D eigenvalue weighted by Crippen LogP contribution is -2.01. The number of nitrogens with two attached hydrogens (primary N) is 1. The molecule has 0 atom stereocenters. The van der Waals surface area contributed by atoms with Crippen LogP contribution in [0, 0.1) is 11.3 Å². The third kappa shape index (κ3) is 2.75. The molecule has 4 N–H and O–H groups in total. The zero-order valence-electron chi connectivity index (χ0n) is 9.27.